The van der Waals surface area contributed by atoms with E-state index in [1.165, 1.54) is 43.6 Å². The summed E-state index contributed by atoms with van der Waals surface area (Å²) in [5.74, 6) is 0. The molecule has 0 N–H and O–H groups in total. The number of benzene rings is 3. The van der Waals surface area contributed by atoms with Gasteiger partial charge in [0.2, 0.25) is 0 Å². The van der Waals surface area contributed by atoms with E-state index in [0.717, 1.165) is 8.19 Å². The average molecular weight is 314 g/mol. The molecule has 0 spiro atoms. The molecule has 0 radical (unpaired) electrons. The van der Waals surface area contributed by atoms with E-state index in [1.807, 2.05) is 0 Å². The minimum atomic E-state index is 0.728. The molecular formula is C22H19P. The quantitative estimate of drug-likeness (QED) is 0.381. The van der Waals surface area contributed by atoms with Gasteiger partial charge in [-0.15, -0.1) is 8.19 Å². The fraction of sp³-hybridized carbons (Fsp3) is 0.0909. The first-order valence-corrected chi connectivity index (χ1v) is 8.97. The van der Waals surface area contributed by atoms with Crippen molar-refractivity contribution in [1.29, 1.82) is 0 Å². The van der Waals surface area contributed by atoms with Gasteiger partial charge < -0.3 is 0 Å². The van der Waals surface area contributed by atoms with E-state index in [-0.39, 0.29) is 0 Å². The molecule has 0 nitrogen and oxygen atoms in total. The second kappa shape index (κ2) is 5.72. The van der Waals surface area contributed by atoms with Crippen LogP contribution in [-0.2, 0) is 0 Å². The minimum absolute atomic E-state index is 0.728. The van der Waals surface area contributed by atoms with Gasteiger partial charge in [0, 0.05) is 10.9 Å². The highest BCUT2D eigenvalue weighted by atomic mass is 31.0. The Hall–Kier alpha value is -2.30. The van der Waals surface area contributed by atoms with Crippen LogP contribution in [0, 0.1) is 13.8 Å². The summed E-state index contributed by atoms with van der Waals surface area (Å²) in [5, 5.41) is 4.32. The fourth-order valence-corrected chi connectivity index (χ4v) is 4.61. The second-order valence-electron chi connectivity index (χ2n) is 6.15. The predicted molar refractivity (Wildman–Crippen MR) is 104 cm³/mol. The van der Waals surface area contributed by atoms with Crippen LogP contribution in [0.1, 0.15) is 11.1 Å². The summed E-state index contributed by atoms with van der Waals surface area (Å²) in [7, 11) is 0.728. The second-order valence-corrected chi connectivity index (χ2v) is 7.44. The summed E-state index contributed by atoms with van der Waals surface area (Å²) >= 11 is 0. The summed E-state index contributed by atoms with van der Waals surface area (Å²) in [6, 6.07) is 26.7. The summed E-state index contributed by atoms with van der Waals surface area (Å²) in [6.07, 6.45) is 0. The lowest BCUT2D eigenvalue weighted by Gasteiger charge is -2.07. The summed E-state index contributed by atoms with van der Waals surface area (Å²) in [5.41, 5.74) is 6.69. The maximum atomic E-state index is 2.27. The minimum Gasteiger partial charge on any atom is -0.123 e. The topological polar surface area (TPSA) is 0 Å². The van der Waals surface area contributed by atoms with Crippen LogP contribution in [0.25, 0.3) is 32.5 Å². The van der Waals surface area contributed by atoms with Crippen LogP contribution in [0.2, 0.25) is 0 Å². The van der Waals surface area contributed by atoms with Gasteiger partial charge in [-0.1, -0.05) is 83.9 Å². The van der Waals surface area contributed by atoms with Crippen LogP contribution >= 0.6 is 8.19 Å². The molecular weight excluding hydrogens is 295 g/mol. The van der Waals surface area contributed by atoms with Crippen LogP contribution in [-0.4, -0.2) is 0 Å². The molecule has 0 aliphatic heterocycles. The van der Waals surface area contributed by atoms with Crippen LogP contribution in [0.4, 0.5) is 0 Å². The molecule has 1 aromatic heterocycles. The molecule has 4 aromatic rings. The number of rotatable bonds is 2. The van der Waals surface area contributed by atoms with Gasteiger partial charge in [-0.25, -0.2) is 0 Å². The summed E-state index contributed by atoms with van der Waals surface area (Å²) in [6.45, 7) is 4.29. The smallest absolute Gasteiger partial charge is 0.00723 e. The molecule has 0 fully saturated rings. The SMILES string of the molecule is Cc1ccc(-c2[pH]c3ccccc3c2-c2ccc(C)cc2)cc1. The van der Waals surface area contributed by atoms with Gasteiger partial charge in [0.05, 0.1) is 0 Å². The van der Waals surface area contributed by atoms with Crippen molar-refractivity contribution in [2.75, 3.05) is 0 Å². The van der Waals surface area contributed by atoms with Crippen molar-refractivity contribution in [3.05, 3.63) is 83.9 Å². The van der Waals surface area contributed by atoms with Gasteiger partial charge in [-0.2, -0.15) is 0 Å². The zero-order valence-electron chi connectivity index (χ0n) is 13.4. The predicted octanol–water partition coefficient (Wildman–Crippen LogP) is 6.82. The van der Waals surface area contributed by atoms with E-state index >= 15 is 0 Å². The Balaban J connectivity index is 2.01. The molecule has 3 aromatic carbocycles. The van der Waals surface area contributed by atoms with Crippen molar-refractivity contribution in [2.45, 2.75) is 13.8 Å². The third-order valence-corrected chi connectivity index (χ3v) is 5.88. The Labute approximate surface area is 138 Å². The Morgan fingerprint density at radius 1 is 0.609 bits per heavy atom. The molecule has 4 rings (SSSR count). The zero-order chi connectivity index (χ0) is 15.8. The van der Waals surface area contributed by atoms with E-state index < -0.39 is 0 Å². The Morgan fingerprint density at radius 2 is 1.17 bits per heavy atom. The van der Waals surface area contributed by atoms with Gasteiger partial charge in [-0.3, -0.25) is 0 Å². The van der Waals surface area contributed by atoms with Crippen LogP contribution in [0.15, 0.2) is 72.8 Å². The highest BCUT2D eigenvalue weighted by Gasteiger charge is 2.14. The maximum Gasteiger partial charge on any atom is 0.00723 e. The molecule has 1 heteroatoms. The maximum absolute atomic E-state index is 2.27. The van der Waals surface area contributed by atoms with Crippen molar-refractivity contribution in [3.63, 3.8) is 0 Å². The molecule has 1 atom stereocenters. The highest BCUT2D eigenvalue weighted by Crippen LogP contribution is 2.47. The van der Waals surface area contributed by atoms with Gasteiger partial charge in [0.15, 0.2) is 0 Å². The van der Waals surface area contributed by atoms with Crippen LogP contribution < -0.4 is 0 Å². The van der Waals surface area contributed by atoms with Gasteiger partial charge in [0.25, 0.3) is 0 Å². The molecule has 1 unspecified atom stereocenters. The van der Waals surface area contributed by atoms with Crippen molar-refractivity contribution in [2.24, 2.45) is 0 Å². The summed E-state index contributed by atoms with van der Waals surface area (Å²) in [4.78, 5) is 0. The molecule has 0 aliphatic rings. The normalized spacial score (nSPS) is 11.4. The third kappa shape index (κ3) is 2.60. The first-order valence-electron chi connectivity index (χ1n) is 7.97. The van der Waals surface area contributed by atoms with Crippen LogP contribution in [0.3, 0.4) is 0 Å². The lowest BCUT2D eigenvalue weighted by atomic mass is 9.98. The number of hydrogen-bond acceptors (Lipinski definition) is 0. The Kier molecular flexibility index (Phi) is 3.56. The molecule has 0 amide bonds. The van der Waals surface area contributed by atoms with Crippen molar-refractivity contribution in [3.8, 4) is 22.0 Å². The van der Waals surface area contributed by atoms with Crippen molar-refractivity contribution in [1.82, 2.24) is 0 Å². The average Bonchev–Trinajstić information content (AvgIpc) is 2.96. The lowest BCUT2D eigenvalue weighted by molar-refractivity contribution is 1.47. The standard InChI is InChI=1S/C22H19P/c1-15-7-11-17(12-8-15)21-19-5-3-4-6-20(19)23-22(21)18-13-9-16(2)10-14-18/h3-14,23H,1-2H3. The van der Waals surface area contributed by atoms with E-state index in [4.69, 9.17) is 0 Å². The van der Waals surface area contributed by atoms with Crippen molar-refractivity contribution < 1.29 is 0 Å². The molecule has 0 bridgehead atoms. The van der Waals surface area contributed by atoms with E-state index in [0.29, 0.717) is 0 Å². The van der Waals surface area contributed by atoms with Gasteiger partial charge in [-0.05, 0) is 35.5 Å². The largest absolute Gasteiger partial charge is 0.123 e. The molecule has 23 heavy (non-hydrogen) atoms. The summed E-state index contributed by atoms with van der Waals surface area (Å²) < 4.78 is 0. The number of fused-ring (bicyclic) bond motifs is 1. The Bertz CT molecular complexity index is 957. The Morgan fingerprint density at radius 3 is 1.83 bits per heavy atom. The highest BCUT2D eigenvalue weighted by molar-refractivity contribution is 7.41. The van der Waals surface area contributed by atoms with Gasteiger partial charge in [0.1, 0.15) is 0 Å². The van der Waals surface area contributed by atoms with Gasteiger partial charge >= 0.3 is 0 Å². The van der Waals surface area contributed by atoms with E-state index in [2.05, 4.69) is 86.6 Å². The number of aryl methyl sites for hydroxylation is 2. The van der Waals surface area contributed by atoms with E-state index in [9.17, 15) is 0 Å². The monoisotopic (exact) mass is 314 g/mol. The molecule has 1 heterocycles. The van der Waals surface area contributed by atoms with Crippen LogP contribution in [0.5, 0.6) is 0 Å². The first-order chi connectivity index (χ1) is 11.2. The third-order valence-electron chi connectivity index (χ3n) is 4.39. The van der Waals surface area contributed by atoms with Crippen molar-refractivity contribution >= 4 is 18.7 Å². The fourth-order valence-electron chi connectivity index (χ4n) is 3.10. The lowest BCUT2D eigenvalue weighted by Crippen LogP contribution is -1.81. The molecule has 112 valence electrons. The zero-order valence-corrected chi connectivity index (χ0v) is 14.4. The first kappa shape index (κ1) is 14.3. The molecule has 0 saturated carbocycles. The molecule has 0 aliphatic carbocycles. The van der Waals surface area contributed by atoms with E-state index in [1.54, 1.807) is 0 Å². The molecule has 0 saturated heterocycles. The number of hydrogen-bond donors (Lipinski definition) is 0.